The molecule has 112 valence electrons. The Morgan fingerprint density at radius 2 is 2.24 bits per heavy atom. The Morgan fingerprint density at radius 3 is 2.86 bits per heavy atom. The summed E-state index contributed by atoms with van der Waals surface area (Å²) in [6.45, 7) is 4.78. The minimum Gasteiger partial charge on any atom is -0.334 e. The lowest BCUT2D eigenvalue weighted by molar-refractivity contribution is -0.132. The molecule has 4 nitrogen and oxygen atoms in total. The van der Waals surface area contributed by atoms with E-state index in [0.717, 1.165) is 30.0 Å². The predicted molar refractivity (Wildman–Crippen MR) is 86.1 cm³/mol. The quantitative estimate of drug-likeness (QED) is 0.872. The summed E-state index contributed by atoms with van der Waals surface area (Å²) in [6, 6.07) is 2.27. The topological polar surface area (TPSA) is 42.3 Å². The number of amides is 1. The molecule has 1 aliphatic heterocycles. The number of rotatable bonds is 3. The van der Waals surface area contributed by atoms with Crippen LogP contribution in [0.5, 0.6) is 0 Å². The molecule has 3 rings (SSSR count). The normalized spacial score (nSPS) is 18.4. The number of carbonyl (C=O) groups excluding carboxylic acids is 1. The second-order valence-electron chi connectivity index (χ2n) is 5.40. The van der Waals surface area contributed by atoms with E-state index in [2.05, 4.69) is 11.4 Å². The van der Waals surface area contributed by atoms with Gasteiger partial charge in [-0.25, -0.2) is 0 Å². The van der Waals surface area contributed by atoms with Crippen LogP contribution in [0.15, 0.2) is 21.6 Å². The third kappa shape index (κ3) is 2.70. The molecule has 1 saturated heterocycles. The highest BCUT2D eigenvalue weighted by molar-refractivity contribution is 7.09. The Kier molecular flexibility index (Phi) is 3.99. The largest absolute Gasteiger partial charge is 0.334 e. The molecule has 3 heterocycles. The maximum absolute atomic E-state index is 12.6. The Balaban J connectivity index is 1.80. The van der Waals surface area contributed by atoms with Gasteiger partial charge < -0.3 is 4.90 Å². The third-order valence-electron chi connectivity index (χ3n) is 4.17. The van der Waals surface area contributed by atoms with Crippen molar-refractivity contribution in [1.29, 1.82) is 0 Å². The van der Waals surface area contributed by atoms with E-state index in [1.165, 1.54) is 16.9 Å². The summed E-state index contributed by atoms with van der Waals surface area (Å²) in [7, 11) is 0. The zero-order valence-corrected chi connectivity index (χ0v) is 13.8. The predicted octanol–water partition coefficient (Wildman–Crippen LogP) is 2.95. The molecule has 0 saturated carbocycles. The Labute approximate surface area is 131 Å². The zero-order valence-electron chi connectivity index (χ0n) is 12.2. The molecule has 2 aromatic heterocycles. The lowest BCUT2D eigenvalue weighted by Crippen LogP contribution is -2.35. The average molecular weight is 322 g/mol. The number of carbonyl (C=O) groups is 1. The summed E-state index contributed by atoms with van der Waals surface area (Å²) >= 11 is 2.88. The van der Waals surface area contributed by atoms with Crippen LogP contribution >= 0.6 is 22.7 Å². The van der Waals surface area contributed by atoms with Crippen molar-refractivity contribution in [3.05, 3.63) is 42.6 Å². The first-order chi connectivity index (χ1) is 10.1. The molecule has 0 radical (unpaired) electrons. The summed E-state index contributed by atoms with van der Waals surface area (Å²) < 4.78 is 1.60. The summed E-state index contributed by atoms with van der Waals surface area (Å²) in [4.78, 5) is 27.4. The van der Waals surface area contributed by atoms with Crippen LogP contribution in [0.2, 0.25) is 0 Å². The van der Waals surface area contributed by atoms with Crippen molar-refractivity contribution >= 4 is 28.6 Å². The molecule has 2 aromatic rings. The SMILES string of the molecule is Cc1sc(=O)n(CC(=O)N2CCCC2c2ccsc2)c1C. The van der Waals surface area contributed by atoms with Gasteiger partial charge in [0.15, 0.2) is 0 Å². The van der Waals surface area contributed by atoms with Crippen LogP contribution in [0.25, 0.3) is 0 Å². The van der Waals surface area contributed by atoms with E-state index in [-0.39, 0.29) is 23.4 Å². The molecule has 0 spiro atoms. The van der Waals surface area contributed by atoms with Crippen molar-refractivity contribution in [1.82, 2.24) is 9.47 Å². The smallest absolute Gasteiger partial charge is 0.308 e. The van der Waals surface area contributed by atoms with Gasteiger partial charge in [0.2, 0.25) is 5.91 Å². The molecule has 6 heteroatoms. The van der Waals surface area contributed by atoms with Gasteiger partial charge >= 0.3 is 4.87 Å². The number of hydrogen-bond acceptors (Lipinski definition) is 4. The number of aryl methyl sites for hydroxylation is 1. The van der Waals surface area contributed by atoms with Gasteiger partial charge in [-0.15, -0.1) is 0 Å². The highest BCUT2D eigenvalue weighted by Crippen LogP contribution is 2.33. The Bertz CT molecular complexity index is 700. The number of likely N-dealkylation sites (tertiary alicyclic amines) is 1. The van der Waals surface area contributed by atoms with Crippen LogP contribution in [0, 0.1) is 13.8 Å². The number of thiophene rings is 1. The van der Waals surface area contributed by atoms with Gasteiger partial charge in [0.1, 0.15) is 6.54 Å². The highest BCUT2D eigenvalue weighted by Gasteiger charge is 2.30. The van der Waals surface area contributed by atoms with Gasteiger partial charge in [0.05, 0.1) is 6.04 Å². The first-order valence-corrected chi connectivity index (χ1v) is 8.82. The monoisotopic (exact) mass is 322 g/mol. The molecular formula is C15H18N2O2S2. The minimum atomic E-state index is -0.0374. The molecule has 0 bridgehead atoms. The highest BCUT2D eigenvalue weighted by atomic mass is 32.1. The lowest BCUT2D eigenvalue weighted by Gasteiger charge is -2.24. The molecule has 0 aliphatic carbocycles. The van der Waals surface area contributed by atoms with E-state index in [4.69, 9.17) is 0 Å². The molecule has 21 heavy (non-hydrogen) atoms. The van der Waals surface area contributed by atoms with Gasteiger partial charge in [-0.05, 0) is 49.1 Å². The van der Waals surface area contributed by atoms with Gasteiger partial charge in [0, 0.05) is 17.1 Å². The lowest BCUT2D eigenvalue weighted by atomic mass is 10.1. The van der Waals surface area contributed by atoms with Gasteiger partial charge in [0.25, 0.3) is 0 Å². The first-order valence-electron chi connectivity index (χ1n) is 7.06. The minimum absolute atomic E-state index is 0.0374. The average Bonchev–Trinajstić information content (AvgIpc) is 3.15. The summed E-state index contributed by atoms with van der Waals surface area (Å²) in [5.41, 5.74) is 2.13. The molecule has 1 unspecified atom stereocenters. The van der Waals surface area contributed by atoms with Crippen molar-refractivity contribution in [3.63, 3.8) is 0 Å². The van der Waals surface area contributed by atoms with Crippen molar-refractivity contribution < 1.29 is 4.79 Å². The number of aromatic nitrogens is 1. The molecule has 1 fully saturated rings. The van der Waals surface area contributed by atoms with Crippen molar-refractivity contribution in [3.8, 4) is 0 Å². The van der Waals surface area contributed by atoms with E-state index in [1.807, 2.05) is 24.1 Å². The van der Waals surface area contributed by atoms with Gasteiger partial charge in [-0.2, -0.15) is 11.3 Å². The van der Waals surface area contributed by atoms with Crippen LogP contribution in [0.1, 0.15) is 35.0 Å². The fourth-order valence-electron chi connectivity index (χ4n) is 2.87. The van der Waals surface area contributed by atoms with Crippen molar-refractivity contribution in [2.75, 3.05) is 6.54 Å². The van der Waals surface area contributed by atoms with E-state index in [1.54, 1.807) is 15.9 Å². The zero-order chi connectivity index (χ0) is 15.0. The van der Waals surface area contributed by atoms with Crippen LogP contribution in [0.3, 0.4) is 0 Å². The van der Waals surface area contributed by atoms with Crippen LogP contribution in [0.4, 0.5) is 0 Å². The fourth-order valence-corrected chi connectivity index (χ4v) is 4.41. The molecule has 0 N–H and O–H groups in total. The van der Waals surface area contributed by atoms with Gasteiger partial charge in [-0.1, -0.05) is 11.3 Å². The number of nitrogens with zero attached hydrogens (tertiary/aromatic N) is 2. The fraction of sp³-hybridized carbons (Fsp3) is 0.467. The molecular weight excluding hydrogens is 304 g/mol. The summed E-state index contributed by atoms with van der Waals surface area (Å²) in [5.74, 6) is 0.0479. The second-order valence-corrected chi connectivity index (χ2v) is 7.34. The van der Waals surface area contributed by atoms with Crippen molar-refractivity contribution in [2.24, 2.45) is 0 Å². The third-order valence-corrected chi connectivity index (χ3v) is 5.87. The Morgan fingerprint density at radius 1 is 1.43 bits per heavy atom. The number of hydrogen-bond donors (Lipinski definition) is 0. The van der Waals surface area contributed by atoms with E-state index < -0.39 is 0 Å². The summed E-state index contributed by atoms with van der Waals surface area (Å²) in [5, 5.41) is 4.16. The Hall–Kier alpha value is -1.40. The van der Waals surface area contributed by atoms with Crippen LogP contribution in [-0.2, 0) is 11.3 Å². The van der Waals surface area contributed by atoms with E-state index in [9.17, 15) is 9.59 Å². The number of thiazole rings is 1. The standard InChI is InChI=1S/C15H18N2O2S2/c1-10-11(2)21-15(19)17(10)8-14(18)16-6-3-4-13(16)12-5-7-20-9-12/h5,7,9,13H,3-4,6,8H2,1-2H3. The molecule has 1 atom stereocenters. The maximum Gasteiger partial charge on any atom is 0.308 e. The van der Waals surface area contributed by atoms with E-state index >= 15 is 0 Å². The second kappa shape index (κ2) is 5.77. The van der Waals surface area contributed by atoms with Crippen LogP contribution < -0.4 is 4.87 Å². The van der Waals surface area contributed by atoms with Crippen molar-refractivity contribution in [2.45, 2.75) is 39.3 Å². The maximum atomic E-state index is 12.6. The van der Waals surface area contributed by atoms with Crippen LogP contribution in [-0.4, -0.2) is 21.9 Å². The van der Waals surface area contributed by atoms with Gasteiger partial charge in [-0.3, -0.25) is 14.2 Å². The molecule has 1 aliphatic rings. The van der Waals surface area contributed by atoms with E-state index in [0.29, 0.717) is 0 Å². The first kappa shape index (κ1) is 14.5. The molecule has 1 amide bonds. The molecule has 0 aromatic carbocycles. The summed E-state index contributed by atoms with van der Waals surface area (Å²) in [6.07, 6.45) is 2.04.